The molecule has 0 bridgehead atoms. The van der Waals surface area contributed by atoms with Crippen LogP contribution in [0.3, 0.4) is 0 Å². The van der Waals surface area contributed by atoms with Crippen LogP contribution in [0.2, 0.25) is 0 Å². The maximum atomic E-state index is 12.5. The molecule has 1 aromatic carbocycles. The maximum absolute atomic E-state index is 12.5. The van der Waals surface area contributed by atoms with Crippen LogP contribution >= 0.6 is 11.3 Å². The summed E-state index contributed by atoms with van der Waals surface area (Å²) in [6, 6.07) is 10.1. The molecule has 0 spiro atoms. The standard InChI is InChI=1S/C17H18N4OS/c1-20(10-14-9-18-21(2)11-14)17(22)15-12-23-16(19-15)8-13-6-4-3-5-7-13/h3-7,9,11-12H,8,10H2,1-2H3. The summed E-state index contributed by atoms with van der Waals surface area (Å²) in [6.45, 7) is 0.526. The van der Waals surface area contributed by atoms with E-state index in [1.54, 1.807) is 22.8 Å². The Balaban J connectivity index is 1.65. The van der Waals surface area contributed by atoms with Crippen LogP contribution in [0.25, 0.3) is 0 Å². The van der Waals surface area contributed by atoms with Gasteiger partial charge in [-0.3, -0.25) is 9.48 Å². The lowest BCUT2D eigenvalue weighted by Crippen LogP contribution is -2.26. The minimum atomic E-state index is -0.0654. The molecule has 2 aromatic heterocycles. The Hall–Kier alpha value is -2.47. The van der Waals surface area contributed by atoms with Gasteiger partial charge in [-0.25, -0.2) is 4.98 Å². The van der Waals surface area contributed by atoms with Crippen LogP contribution in [-0.4, -0.2) is 32.6 Å². The van der Waals surface area contributed by atoms with Crippen LogP contribution in [0.15, 0.2) is 48.1 Å². The highest BCUT2D eigenvalue weighted by atomic mass is 32.1. The number of aryl methyl sites for hydroxylation is 1. The Morgan fingerprint density at radius 1 is 1.26 bits per heavy atom. The van der Waals surface area contributed by atoms with Gasteiger partial charge in [0.1, 0.15) is 5.69 Å². The molecule has 0 saturated heterocycles. The van der Waals surface area contributed by atoms with Crippen LogP contribution in [0.4, 0.5) is 0 Å². The number of benzene rings is 1. The average Bonchev–Trinajstić information content (AvgIpc) is 3.17. The van der Waals surface area contributed by atoms with Gasteiger partial charge < -0.3 is 4.90 Å². The van der Waals surface area contributed by atoms with E-state index in [1.807, 2.05) is 36.8 Å². The predicted molar refractivity (Wildman–Crippen MR) is 90.4 cm³/mol. The zero-order valence-corrected chi connectivity index (χ0v) is 14.0. The van der Waals surface area contributed by atoms with E-state index in [4.69, 9.17) is 0 Å². The van der Waals surface area contributed by atoms with Gasteiger partial charge in [0, 0.05) is 44.2 Å². The first-order valence-corrected chi connectivity index (χ1v) is 8.21. The van der Waals surface area contributed by atoms with Crippen LogP contribution in [0, 0.1) is 0 Å². The van der Waals surface area contributed by atoms with E-state index in [0.29, 0.717) is 12.2 Å². The molecule has 2 heterocycles. The summed E-state index contributed by atoms with van der Waals surface area (Å²) >= 11 is 1.53. The van der Waals surface area contributed by atoms with E-state index in [-0.39, 0.29) is 5.91 Å². The van der Waals surface area contributed by atoms with Gasteiger partial charge in [-0.2, -0.15) is 5.10 Å². The fraction of sp³-hybridized carbons (Fsp3) is 0.235. The molecule has 118 valence electrons. The van der Waals surface area contributed by atoms with Gasteiger partial charge in [0.25, 0.3) is 5.91 Å². The molecule has 3 aromatic rings. The van der Waals surface area contributed by atoms with Gasteiger partial charge in [0.05, 0.1) is 11.2 Å². The molecule has 23 heavy (non-hydrogen) atoms. The highest BCUT2D eigenvalue weighted by Gasteiger charge is 2.16. The summed E-state index contributed by atoms with van der Waals surface area (Å²) in [5.74, 6) is -0.0654. The number of amides is 1. The molecule has 0 radical (unpaired) electrons. The zero-order chi connectivity index (χ0) is 16.2. The monoisotopic (exact) mass is 326 g/mol. The summed E-state index contributed by atoms with van der Waals surface area (Å²) in [4.78, 5) is 18.6. The number of carbonyl (C=O) groups is 1. The lowest BCUT2D eigenvalue weighted by molar-refractivity contribution is 0.0780. The van der Waals surface area contributed by atoms with E-state index in [0.717, 1.165) is 17.0 Å². The molecule has 0 saturated carbocycles. The minimum Gasteiger partial charge on any atom is -0.336 e. The highest BCUT2D eigenvalue weighted by molar-refractivity contribution is 7.09. The largest absolute Gasteiger partial charge is 0.336 e. The second kappa shape index (κ2) is 6.75. The Morgan fingerprint density at radius 3 is 2.74 bits per heavy atom. The van der Waals surface area contributed by atoms with E-state index >= 15 is 0 Å². The average molecular weight is 326 g/mol. The number of nitrogens with zero attached hydrogens (tertiary/aromatic N) is 4. The van der Waals surface area contributed by atoms with E-state index in [2.05, 4.69) is 22.2 Å². The molecule has 0 unspecified atom stereocenters. The lowest BCUT2D eigenvalue weighted by Gasteiger charge is -2.14. The molecule has 6 heteroatoms. The summed E-state index contributed by atoms with van der Waals surface area (Å²) < 4.78 is 1.73. The summed E-state index contributed by atoms with van der Waals surface area (Å²) in [7, 11) is 3.65. The lowest BCUT2D eigenvalue weighted by atomic mass is 10.2. The number of thiazole rings is 1. The van der Waals surface area contributed by atoms with Crippen molar-refractivity contribution in [1.82, 2.24) is 19.7 Å². The van der Waals surface area contributed by atoms with Gasteiger partial charge in [-0.15, -0.1) is 11.3 Å². The molecule has 0 aliphatic heterocycles. The number of aromatic nitrogens is 3. The highest BCUT2D eigenvalue weighted by Crippen LogP contribution is 2.16. The third-order valence-electron chi connectivity index (χ3n) is 3.49. The third-order valence-corrected chi connectivity index (χ3v) is 4.34. The Kier molecular flexibility index (Phi) is 4.52. The Labute approximate surface area is 139 Å². The molecule has 0 N–H and O–H groups in total. The second-order valence-corrected chi connectivity index (χ2v) is 6.41. The smallest absolute Gasteiger partial charge is 0.273 e. The molecule has 0 fully saturated rings. The van der Waals surface area contributed by atoms with Gasteiger partial charge in [0.15, 0.2) is 0 Å². The first kappa shape index (κ1) is 15.4. The van der Waals surface area contributed by atoms with Crippen molar-refractivity contribution in [3.63, 3.8) is 0 Å². The van der Waals surface area contributed by atoms with Crippen molar-refractivity contribution in [2.75, 3.05) is 7.05 Å². The molecule has 0 atom stereocenters. The normalized spacial score (nSPS) is 10.7. The second-order valence-electron chi connectivity index (χ2n) is 5.47. The van der Waals surface area contributed by atoms with Gasteiger partial charge in [-0.1, -0.05) is 30.3 Å². The number of hydrogen-bond acceptors (Lipinski definition) is 4. The van der Waals surface area contributed by atoms with Crippen molar-refractivity contribution in [1.29, 1.82) is 0 Å². The summed E-state index contributed by atoms with van der Waals surface area (Å²) in [5.41, 5.74) is 2.71. The van der Waals surface area contributed by atoms with Crippen LogP contribution < -0.4 is 0 Å². The molecule has 0 aliphatic carbocycles. The predicted octanol–water partition coefficient (Wildman–Crippen LogP) is 2.74. The molecular formula is C17H18N4OS. The van der Waals surface area contributed by atoms with Crippen molar-refractivity contribution in [3.05, 3.63) is 69.9 Å². The van der Waals surface area contributed by atoms with Gasteiger partial charge in [-0.05, 0) is 5.56 Å². The molecule has 5 nitrogen and oxygen atoms in total. The van der Waals surface area contributed by atoms with Crippen LogP contribution in [-0.2, 0) is 20.0 Å². The molecule has 1 amide bonds. The first-order valence-electron chi connectivity index (χ1n) is 7.33. The molecule has 3 rings (SSSR count). The SMILES string of the molecule is CN(Cc1cnn(C)c1)C(=O)c1csc(Cc2ccccc2)n1. The summed E-state index contributed by atoms with van der Waals surface area (Å²) in [6.07, 6.45) is 4.43. The fourth-order valence-corrected chi connectivity index (χ4v) is 3.16. The Morgan fingerprint density at radius 2 is 2.04 bits per heavy atom. The number of rotatable bonds is 5. The van der Waals surface area contributed by atoms with Crippen molar-refractivity contribution >= 4 is 17.2 Å². The number of hydrogen-bond donors (Lipinski definition) is 0. The third kappa shape index (κ3) is 3.84. The zero-order valence-electron chi connectivity index (χ0n) is 13.1. The minimum absolute atomic E-state index is 0.0654. The number of carbonyl (C=O) groups excluding carboxylic acids is 1. The van der Waals surface area contributed by atoms with Crippen LogP contribution in [0.5, 0.6) is 0 Å². The summed E-state index contributed by atoms with van der Waals surface area (Å²) in [5, 5.41) is 6.90. The maximum Gasteiger partial charge on any atom is 0.273 e. The van der Waals surface area contributed by atoms with Gasteiger partial charge in [0.2, 0.25) is 0 Å². The van der Waals surface area contributed by atoms with Crippen molar-refractivity contribution in [3.8, 4) is 0 Å². The molecule has 0 aliphatic rings. The van der Waals surface area contributed by atoms with Crippen molar-refractivity contribution in [2.24, 2.45) is 7.05 Å². The van der Waals surface area contributed by atoms with Crippen LogP contribution in [0.1, 0.15) is 26.6 Å². The van der Waals surface area contributed by atoms with Crippen molar-refractivity contribution < 1.29 is 4.79 Å². The molecular weight excluding hydrogens is 308 g/mol. The fourth-order valence-electron chi connectivity index (χ4n) is 2.36. The van der Waals surface area contributed by atoms with E-state index in [9.17, 15) is 4.79 Å². The van der Waals surface area contributed by atoms with E-state index < -0.39 is 0 Å². The van der Waals surface area contributed by atoms with E-state index in [1.165, 1.54) is 16.9 Å². The first-order chi connectivity index (χ1) is 11.1. The Bertz CT molecular complexity index is 794. The topological polar surface area (TPSA) is 51.0 Å². The quantitative estimate of drug-likeness (QED) is 0.724. The van der Waals surface area contributed by atoms with Crippen molar-refractivity contribution in [2.45, 2.75) is 13.0 Å². The van der Waals surface area contributed by atoms with Gasteiger partial charge >= 0.3 is 0 Å².